The fraction of sp³-hybridized carbons (Fsp3) is 0.846. The molecule has 0 aromatic carbocycles. The lowest BCUT2D eigenvalue weighted by Gasteiger charge is -2.38. The summed E-state index contributed by atoms with van der Waals surface area (Å²) in [5, 5.41) is 0. The highest BCUT2D eigenvalue weighted by atomic mass is 16.7. The molecule has 16 heavy (non-hydrogen) atoms. The molecule has 3 nitrogen and oxygen atoms in total. The lowest BCUT2D eigenvalue weighted by molar-refractivity contribution is -0.188. The van der Waals surface area contributed by atoms with Crippen molar-refractivity contribution in [1.29, 1.82) is 0 Å². The van der Waals surface area contributed by atoms with Crippen LogP contribution in [0.25, 0.3) is 0 Å². The molecular weight excluding hydrogens is 204 g/mol. The van der Waals surface area contributed by atoms with Crippen LogP contribution >= 0.6 is 0 Å². The average Bonchev–Trinajstić information content (AvgIpc) is 2.80. The maximum atomic E-state index is 5.80. The minimum absolute atomic E-state index is 0.221. The molecule has 2 aliphatic heterocycles. The van der Waals surface area contributed by atoms with Gasteiger partial charge in [0.05, 0.1) is 25.9 Å². The molecule has 1 atom stereocenters. The van der Waals surface area contributed by atoms with Crippen molar-refractivity contribution in [2.45, 2.75) is 44.0 Å². The van der Waals surface area contributed by atoms with Gasteiger partial charge in [0.2, 0.25) is 0 Å². The van der Waals surface area contributed by atoms with Crippen molar-refractivity contribution in [3.8, 4) is 0 Å². The van der Waals surface area contributed by atoms with E-state index >= 15 is 0 Å². The van der Waals surface area contributed by atoms with Crippen molar-refractivity contribution in [1.82, 2.24) is 0 Å². The second kappa shape index (κ2) is 4.47. The van der Waals surface area contributed by atoms with E-state index in [1.54, 1.807) is 0 Å². The van der Waals surface area contributed by atoms with E-state index < -0.39 is 0 Å². The molecule has 0 radical (unpaired) electrons. The third kappa shape index (κ3) is 2.04. The third-order valence-electron chi connectivity index (χ3n) is 4.07. The molecular formula is C13H20O3. The van der Waals surface area contributed by atoms with Crippen molar-refractivity contribution in [2.75, 3.05) is 19.8 Å². The monoisotopic (exact) mass is 224 g/mol. The van der Waals surface area contributed by atoms with E-state index in [1.807, 2.05) is 0 Å². The van der Waals surface area contributed by atoms with Crippen molar-refractivity contribution in [2.24, 2.45) is 5.92 Å². The SMILES string of the molecule is C1=CCC(C2CCC3(CC2)OCCO3)OC1. The number of rotatable bonds is 1. The first-order valence-electron chi connectivity index (χ1n) is 6.42. The molecule has 90 valence electrons. The van der Waals surface area contributed by atoms with Crippen molar-refractivity contribution >= 4 is 0 Å². The quantitative estimate of drug-likeness (QED) is 0.639. The van der Waals surface area contributed by atoms with Crippen LogP contribution in [-0.4, -0.2) is 31.7 Å². The normalized spacial score (nSPS) is 34.6. The fourth-order valence-corrected chi connectivity index (χ4v) is 3.11. The Morgan fingerprint density at radius 1 is 1.00 bits per heavy atom. The minimum atomic E-state index is -0.221. The van der Waals surface area contributed by atoms with Gasteiger partial charge in [0.1, 0.15) is 0 Å². The maximum absolute atomic E-state index is 5.80. The Balaban J connectivity index is 1.55. The van der Waals surface area contributed by atoms with Crippen LogP contribution in [0, 0.1) is 5.92 Å². The summed E-state index contributed by atoms with van der Waals surface area (Å²) < 4.78 is 17.3. The van der Waals surface area contributed by atoms with E-state index in [4.69, 9.17) is 14.2 Å². The van der Waals surface area contributed by atoms with Crippen LogP contribution in [0.15, 0.2) is 12.2 Å². The highest BCUT2D eigenvalue weighted by Crippen LogP contribution is 2.40. The van der Waals surface area contributed by atoms with E-state index in [-0.39, 0.29) is 5.79 Å². The Bertz CT molecular complexity index is 258. The highest BCUT2D eigenvalue weighted by molar-refractivity contribution is 4.94. The average molecular weight is 224 g/mol. The topological polar surface area (TPSA) is 27.7 Å². The van der Waals surface area contributed by atoms with Gasteiger partial charge in [-0.1, -0.05) is 12.2 Å². The van der Waals surface area contributed by atoms with E-state index in [2.05, 4.69) is 12.2 Å². The van der Waals surface area contributed by atoms with Gasteiger partial charge in [0, 0.05) is 12.8 Å². The summed E-state index contributed by atoms with van der Waals surface area (Å²) in [5.41, 5.74) is 0. The third-order valence-corrected chi connectivity index (χ3v) is 4.07. The molecule has 1 aliphatic carbocycles. The zero-order valence-corrected chi connectivity index (χ0v) is 9.69. The first-order valence-corrected chi connectivity index (χ1v) is 6.42. The molecule has 0 amide bonds. The summed E-state index contributed by atoms with van der Waals surface area (Å²) in [4.78, 5) is 0. The molecule has 0 bridgehead atoms. The van der Waals surface area contributed by atoms with Crippen LogP contribution < -0.4 is 0 Å². The van der Waals surface area contributed by atoms with Crippen LogP contribution in [0.1, 0.15) is 32.1 Å². The second-order valence-corrected chi connectivity index (χ2v) is 5.02. The van der Waals surface area contributed by atoms with Gasteiger partial charge in [-0.2, -0.15) is 0 Å². The summed E-state index contributed by atoms with van der Waals surface area (Å²) in [6, 6.07) is 0. The second-order valence-electron chi connectivity index (χ2n) is 5.02. The lowest BCUT2D eigenvalue weighted by Crippen LogP contribution is -2.39. The number of hydrogen-bond donors (Lipinski definition) is 0. The van der Waals surface area contributed by atoms with Crippen LogP contribution in [0.2, 0.25) is 0 Å². The van der Waals surface area contributed by atoms with Crippen LogP contribution in [0.3, 0.4) is 0 Å². The van der Waals surface area contributed by atoms with Gasteiger partial charge in [-0.15, -0.1) is 0 Å². The Morgan fingerprint density at radius 2 is 1.75 bits per heavy atom. The summed E-state index contributed by atoms with van der Waals surface area (Å²) >= 11 is 0. The molecule has 1 saturated carbocycles. The smallest absolute Gasteiger partial charge is 0.168 e. The predicted molar refractivity (Wildman–Crippen MR) is 60.1 cm³/mol. The van der Waals surface area contributed by atoms with E-state index in [0.717, 1.165) is 39.1 Å². The summed E-state index contributed by atoms with van der Waals surface area (Å²) in [7, 11) is 0. The van der Waals surface area contributed by atoms with Gasteiger partial charge < -0.3 is 14.2 Å². The highest BCUT2D eigenvalue weighted by Gasteiger charge is 2.42. The Kier molecular flexibility index (Phi) is 3.01. The Morgan fingerprint density at radius 3 is 2.38 bits per heavy atom. The standard InChI is InChI=1S/C13H20O3/c1-2-8-14-12(3-1)11-4-6-13(7-5-11)15-9-10-16-13/h1-2,11-12H,3-10H2. The first kappa shape index (κ1) is 10.8. The largest absolute Gasteiger partial charge is 0.374 e. The van der Waals surface area contributed by atoms with Gasteiger partial charge in [-0.3, -0.25) is 0 Å². The zero-order valence-electron chi connectivity index (χ0n) is 9.69. The summed E-state index contributed by atoms with van der Waals surface area (Å²) in [6.45, 7) is 2.33. The zero-order chi connectivity index (χ0) is 10.8. The molecule has 0 aromatic rings. The number of ether oxygens (including phenoxy) is 3. The molecule has 3 heteroatoms. The Labute approximate surface area is 96.8 Å². The molecule has 3 rings (SSSR count). The van der Waals surface area contributed by atoms with Crippen LogP contribution in [-0.2, 0) is 14.2 Å². The molecule has 1 saturated heterocycles. The van der Waals surface area contributed by atoms with Crippen molar-refractivity contribution < 1.29 is 14.2 Å². The fourth-order valence-electron chi connectivity index (χ4n) is 3.11. The lowest BCUT2D eigenvalue weighted by atomic mass is 9.80. The van der Waals surface area contributed by atoms with Gasteiger partial charge >= 0.3 is 0 Å². The molecule has 2 fully saturated rings. The predicted octanol–water partition coefficient (Wildman–Crippen LogP) is 2.26. The molecule has 0 N–H and O–H groups in total. The maximum Gasteiger partial charge on any atom is 0.168 e. The van der Waals surface area contributed by atoms with Gasteiger partial charge in [0.15, 0.2) is 5.79 Å². The first-order chi connectivity index (χ1) is 7.88. The van der Waals surface area contributed by atoms with E-state index in [9.17, 15) is 0 Å². The number of hydrogen-bond acceptors (Lipinski definition) is 3. The summed E-state index contributed by atoms with van der Waals surface area (Å²) in [6.07, 6.45) is 10.3. The molecule has 1 spiro atoms. The van der Waals surface area contributed by atoms with E-state index in [0.29, 0.717) is 12.0 Å². The van der Waals surface area contributed by atoms with Crippen molar-refractivity contribution in [3.05, 3.63) is 12.2 Å². The van der Waals surface area contributed by atoms with Crippen LogP contribution in [0.4, 0.5) is 0 Å². The van der Waals surface area contributed by atoms with Gasteiger partial charge in [0.25, 0.3) is 0 Å². The van der Waals surface area contributed by atoms with E-state index in [1.165, 1.54) is 12.8 Å². The summed E-state index contributed by atoms with van der Waals surface area (Å²) in [5.74, 6) is 0.476. The van der Waals surface area contributed by atoms with Gasteiger partial charge in [-0.25, -0.2) is 0 Å². The molecule has 1 unspecified atom stereocenters. The van der Waals surface area contributed by atoms with Crippen LogP contribution in [0.5, 0.6) is 0 Å². The molecule has 0 aromatic heterocycles. The Hall–Kier alpha value is -0.380. The minimum Gasteiger partial charge on any atom is -0.374 e. The molecule has 2 heterocycles. The van der Waals surface area contributed by atoms with Gasteiger partial charge in [-0.05, 0) is 25.2 Å². The van der Waals surface area contributed by atoms with Crippen molar-refractivity contribution in [3.63, 3.8) is 0 Å². The molecule has 3 aliphatic rings.